The van der Waals surface area contributed by atoms with Gasteiger partial charge in [0.1, 0.15) is 11.6 Å². The van der Waals surface area contributed by atoms with Crippen molar-refractivity contribution in [3.63, 3.8) is 0 Å². The normalized spacial score (nSPS) is 32.5. The quantitative estimate of drug-likeness (QED) is 0.777. The first-order valence-corrected chi connectivity index (χ1v) is 11.6. The van der Waals surface area contributed by atoms with Gasteiger partial charge in [0.25, 0.3) is 0 Å². The number of benzene rings is 1. The van der Waals surface area contributed by atoms with Crippen molar-refractivity contribution >= 4 is 11.8 Å². The molecule has 33 heavy (non-hydrogen) atoms. The van der Waals surface area contributed by atoms with E-state index < -0.39 is 17.0 Å². The Morgan fingerprint density at radius 3 is 2.42 bits per heavy atom. The Labute approximate surface area is 190 Å². The molecule has 2 aromatic rings. The summed E-state index contributed by atoms with van der Waals surface area (Å²) in [5, 5.41) is 11.4. The van der Waals surface area contributed by atoms with Gasteiger partial charge in [-0.3, -0.25) is 9.59 Å². The predicted octanol–water partition coefficient (Wildman–Crippen LogP) is 3.03. The number of piperidine rings is 1. The Kier molecular flexibility index (Phi) is 4.12. The molecule has 2 bridgehead atoms. The molecular formula is C25H26F2N4O2. The second-order valence-electron chi connectivity index (χ2n) is 10.5. The van der Waals surface area contributed by atoms with Crippen LogP contribution in [-0.2, 0) is 15.0 Å². The molecule has 1 saturated heterocycles. The van der Waals surface area contributed by atoms with Crippen molar-refractivity contribution in [3.8, 4) is 11.3 Å². The first-order chi connectivity index (χ1) is 15.7. The Morgan fingerprint density at radius 2 is 1.79 bits per heavy atom. The molecule has 2 amide bonds. The summed E-state index contributed by atoms with van der Waals surface area (Å²) in [6.07, 6.45) is 1.50. The zero-order valence-corrected chi connectivity index (χ0v) is 18.9. The first kappa shape index (κ1) is 20.7. The second kappa shape index (κ2) is 6.58. The predicted molar refractivity (Wildman–Crippen MR) is 116 cm³/mol. The molecule has 172 valence electrons. The number of nitrogens with zero attached hydrogens (tertiary/aromatic N) is 3. The number of nitrogens with one attached hydrogen (secondary N) is 1. The molecule has 3 aliphatic carbocycles. The van der Waals surface area contributed by atoms with Gasteiger partial charge in [0.2, 0.25) is 11.8 Å². The topological polar surface area (TPSA) is 75.2 Å². The molecule has 3 fully saturated rings. The van der Waals surface area contributed by atoms with Gasteiger partial charge in [0, 0.05) is 26.1 Å². The zero-order chi connectivity index (χ0) is 23.3. The van der Waals surface area contributed by atoms with Crippen molar-refractivity contribution in [3.05, 3.63) is 47.2 Å². The lowest BCUT2D eigenvalue weighted by Crippen LogP contribution is -2.52. The number of aromatic nitrogens is 2. The Morgan fingerprint density at radius 1 is 1.12 bits per heavy atom. The van der Waals surface area contributed by atoms with Crippen LogP contribution in [0.15, 0.2) is 24.3 Å². The van der Waals surface area contributed by atoms with E-state index in [9.17, 15) is 18.4 Å². The summed E-state index contributed by atoms with van der Waals surface area (Å²) in [6.45, 7) is 5.37. The van der Waals surface area contributed by atoms with Gasteiger partial charge in [-0.1, -0.05) is 19.9 Å². The highest BCUT2D eigenvalue weighted by Gasteiger charge is 2.70. The van der Waals surface area contributed by atoms with Crippen LogP contribution in [0.3, 0.4) is 0 Å². The van der Waals surface area contributed by atoms with Gasteiger partial charge in [0.05, 0.1) is 22.4 Å². The largest absolute Gasteiger partial charge is 0.359 e. The second-order valence-corrected chi connectivity index (χ2v) is 10.5. The molecule has 6 rings (SSSR count). The van der Waals surface area contributed by atoms with E-state index in [1.54, 1.807) is 13.1 Å². The smallest absolute Gasteiger partial charge is 0.235 e. The molecule has 2 heterocycles. The van der Waals surface area contributed by atoms with Gasteiger partial charge in [-0.05, 0) is 59.8 Å². The summed E-state index contributed by atoms with van der Waals surface area (Å²) in [5.74, 6) is -0.727. The standard InChI is InChI=1S/C25H26F2N4O2/c1-24(2)15-7-8-25(24,23(33)31-10-13-14(11-31)19(13)22(32)28-3)21-12(15)9-18(29-30-21)20-16(26)5-4-6-17(20)27/h4-6,9,13-15,19H,7-8,10-11H2,1-3H3,(H,28,32)/t13-,14+,15-,19?,25+/m1/s1. The maximum atomic E-state index is 14.4. The highest BCUT2D eigenvalue weighted by molar-refractivity contribution is 5.93. The lowest BCUT2D eigenvalue weighted by atomic mass is 9.67. The van der Waals surface area contributed by atoms with Gasteiger partial charge < -0.3 is 10.2 Å². The van der Waals surface area contributed by atoms with Crippen molar-refractivity contribution in [2.45, 2.75) is 38.0 Å². The number of rotatable bonds is 3. The monoisotopic (exact) mass is 452 g/mol. The molecule has 1 aromatic heterocycles. The molecule has 0 spiro atoms. The van der Waals surface area contributed by atoms with Crippen LogP contribution in [0.5, 0.6) is 0 Å². The van der Waals surface area contributed by atoms with Crippen LogP contribution in [0.2, 0.25) is 0 Å². The molecule has 5 atom stereocenters. The molecule has 1 aromatic carbocycles. The molecule has 0 radical (unpaired) electrons. The van der Waals surface area contributed by atoms with E-state index in [2.05, 4.69) is 29.4 Å². The highest BCUT2D eigenvalue weighted by Crippen LogP contribution is 2.68. The van der Waals surface area contributed by atoms with Crippen LogP contribution < -0.4 is 5.32 Å². The molecule has 8 heteroatoms. The number of carbonyl (C=O) groups is 2. The van der Waals surface area contributed by atoms with E-state index in [1.165, 1.54) is 18.2 Å². The van der Waals surface area contributed by atoms with Gasteiger partial charge in [-0.25, -0.2) is 8.78 Å². The third-order valence-corrected chi connectivity index (χ3v) is 9.00. The molecule has 6 nitrogen and oxygen atoms in total. The number of amides is 2. The van der Waals surface area contributed by atoms with Gasteiger partial charge in [-0.2, -0.15) is 5.10 Å². The number of halogens is 2. The number of hydrogen-bond donors (Lipinski definition) is 1. The van der Waals surface area contributed by atoms with E-state index >= 15 is 0 Å². The van der Waals surface area contributed by atoms with Crippen LogP contribution in [0.4, 0.5) is 8.78 Å². The average Bonchev–Trinajstić information content (AvgIpc) is 3.07. The first-order valence-electron chi connectivity index (χ1n) is 11.6. The minimum Gasteiger partial charge on any atom is -0.359 e. The number of carbonyl (C=O) groups excluding carboxylic acids is 2. The Balaban J connectivity index is 1.36. The van der Waals surface area contributed by atoms with E-state index in [-0.39, 0.29) is 52.2 Å². The number of likely N-dealkylation sites (tertiary alicyclic amines) is 1. The van der Waals surface area contributed by atoms with Crippen molar-refractivity contribution in [1.29, 1.82) is 0 Å². The minimum atomic E-state index is -0.800. The molecule has 1 aliphatic heterocycles. The van der Waals surface area contributed by atoms with Crippen LogP contribution >= 0.6 is 0 Å². The van der Waals surface area contributed by atoms with E-state index in [0.717, 1.165) is 12.0 Å². The Hall–Kier alpha value is -2.90. The van der Waals surface area contributed by atoms with E-state index in [0.29, 0.717) is 25.2 Å². The van der Waals surface area contributed by atoms with E-state index in [4.69, 9.17) is 0 Å². The third-order valence-electron chi connectivity index (χ3n) is 9.00. The van der Waals surface area contributed by atoms with Crippen molar-refractivity contribution in [1.82, 2.24) is 20.4 Å². The lowest BCUT2D eigenvalue weighted by molar-refractivity contribution is -0.141. The molecule has 1 unspecified atom stereocenters. The van der Waals surface area contributed by atoms with Crippen molar-refractivity contribution in [2.24, 2.45) is 23.2 Å². The highest BCUT2D eigenvalue weighted by atomic mass is 19.1. The Bertz CT molecular complexity index is 1180. The summed E-state index contributed by atoms with van der Waals surface area (Å²) in [6, 6.07) is 5.47. The van der Waals surface area contributed by atoms with Crippen LogP contribution in [0.25, 0.3) is 11.3 Å². The van der Waals surface area contributed by atoms with Gasteiger partial charge >= 0.3 is 0 Å². The maximum Gasteiger partial charge on any atom is 0.235 e. The van der Waals surface area contributed by atoms with Crippen LogP contribution in [0, 0.1) is 34.8 Å². The summed E-state index contributed by atoms with van der Waals surface area (Å²) >= 11 is 0. The fraction of sp³-hybridized carbons (Fsp3) is 0.520. The van der Waals surface area contributed by atoms with Gasteiger partial charge in [-0.15, -0.1) is 5.10 Å². The van der Waals surface area contributed by atoms with Crippen molar-refractivity contribution in [2.75, 3.05) is 20.1 Å². The molecule has 2 saturated carbocycles. The minimum absolute atomic E-state index is 0.00904. The SMILES string of the molecule is CNC(=O)C1[C@H]2CN(C(=O)[C@]34CC[C@H](c5cc(-c6c(F)cccc6F)nnc53)C4(C)C)C[C@@H]12. The zero-order valence-electron chi connectivity index (χ0n) is 18.9. The van der Waals surface area contributed by atoms with E-state index in [1.807, 2.05) is 4.90 Å². The summed E-state index contributed by atoms with van der Waals surface area (Å²) < 4.78 is 28.8. The molecule has 1 N–H and O–H groups in total. The fourth-order valence-corrected chi connectivity index (χ4v) is 7.18. The van der Waals surface area contributed by atoms with Gasteiger partial charge in [0.15, 0.2) is 0 Å². The van der Waals surface area contributed by atoms with Crippen LogP contribution in [0.1, 0.15) is 43.9 Å². The third kappa shape index (κ3) is 2.47. The maximum absolute atomic E-state index is 14.4. The lowest BCUT2D eigenvalue weighted by Gasteiger charge is -2.39. The molecular weight excluding hydrogens is 426 g/mol. The number of fused-ring (bicyclic) bond motifs is 6. The summed E-state index contributed by atoms with van der Waals surface area (Å²) in [4.78, 5) is 27.9. The summed E-state index contributed by atoms with van der Waals surface area (Å²) in [7, 11) is 1.65. The van der Waals surface area contributed by atoms with Crippen LogP contribution in [-0.4, -0.2) is 47.0 Å². The van der Waals surface area contributed by atoms with Crippen molar-refractivity contribution < 1.29 is 18.4 Å². The molecule has 4 aliphatic rings. The summed E-state index contributed by atoms with van der Waals surface area (Å²) in [5.41, 5.74) is 0.309. The number of hydrogen-bond acceptors (Lipinski definition) is 4. The average molecular weight is 453 g/mol. The fourth-order valence-electron chi connectivity index (χ4n) is 7.18.